The van der Waals surface area contributed by atoms with Gasteiger partial charge in [-0.15, -0.1) is 11.6 Å². The molecule has 5 heteroatoms. The maximum Gasteiger partial charge on any atom is 0.125 e. The minimum Gasteiger partial charge on any atom is -0.296 e. The number of hydrogen-bond donors (Lipinski definition) is 0. The van der Waals surface area contributed by atoms with Crippen LogP contribution in [-0.4, -0.2) is 15.4 Å². The fraction of sp³-hybridized carbons (Fsp3) is 0.133. The highest BCUT2D eigenvalue weighted by molar-refractivity contribution is 14.1. The molecule has 1 heterocycles. The summed E-state index contributed by atoms with van der Waals surface area (Å²) in [5.41, 5.74) is 2.53. The molecule has 2 aromatic carbocycles. The van der Waals surface area contributed by atoms with Crippen molar-refractivity contribution in [1.29, 1.82) is 0 Å². The summed E-state index contributed by atoms with van der Waals surface area (Å²) in [6.07, 6.45) is 0.642. The SMILES string of the molecule is Fc1ccc2nc(CCCl)n(-c3cccc(I)c3)c2c1. The van der Waals surface area contributed by atoms with Crippen LogP contribution < -0.4 is 0 Å². The summed E-state index contributed by atoms with van der Waals surface area (Å²) in [5, 5.41) is 0. The summed E-state index contributed by atoms with van der Waals surface area (Å²) in [4.78, 5) is 4.56. The Morgan fingerprint density at radius 1 is 1.20 bits per heavy atom. The Kier molecular flexibility index (Phi) is 3.94. The van der Waals surface area contributed by atoms with Crippen molar-refractivity contribution in [2.45, 2.75) is 6.42 Å². The van der Waals surface area contributed by atoms with E-state index in [1.54, 1.807) is 6.07 Å². The third-order valence-corrected chi connectivity index (χ3v) is 3.93. The summed E-state index contributed by atoms with van der Waals surface area (Å²) in [7, 11) is 0. The molecule has 3 rings (SSSR count). The molecule has 0 aliphatic rings. The van der Waals surface area contributed by atoms with E-state index in [2.05, 4.69) is 27.6 Å². The molecule has 102 valence electrons. The minimum atomic E-state index is -0.262. The van der Waals surface area contributed by atoms with Crippen LogP contribution in [-0.2, 0) is 6.42 Å². The van der Waals surface area contributed by atoms with Crippen molar-refractivity contribution in [3.05, 3.63) is 57.7 Å². The van der Waals surface area contributed by atoms with Crippen molar-refractivity contribution in [3.8, 4) is 5.69 Å². The lowest BCUT2D eigenvalue weighted by Crippen LogP contribution is -2.02. The molecule has 2 nitrogen and oxygen atoms in total. The third kappa shape index (κ3) is 2.54. The summed E-state index contributed by atoms with van der Waals surface area (Å²) < 4.78 is 16.6. The molecule has 1 aromatic heterocycles. The monoisotopic (exact) mass is 400 g/mol. The molecule has 0 fully saturated rings. The first-order valence-corrected chi connectivity index (χ1v) is 7.79. The average molecular weight is 401 g/mol. The van der Waals surface area contributed by atoms with Crippen LogP contribution in [0.5, 0.6) is 0 Å². The predicted molar refractivity (Wildman–Crippen MR) is 88.2 cm³/mol. The third-order valence-electron chi connectivity index (χ3n) is 3.07. The van der Waals surface area contributed by atoms with Crippen molar-refractivity contribution in [2.24, 2.45) is 0 Å². The van der Waals surface area contributed by atoms with Gasteiger partial charge in [0.25, 0.3) is 0 Å². The highest BCUT2D eigenvalue weighted by Gasteiger charge is 2.13. The van der Waals surface area contributed by atoms with E-state index in [0.717, 1.165) is 26.1 Å². The molecule has 0 aliphatic heterocycles. The van der Waals surface area contributed by atoms with E-state index < -0.39 is 0 Å². The Labute approximate surface area is 134 Å². The number of rotatable bonds is 3. The highest BCUT2D eigenvalue weighted by Crippen LogP contribution is 2.24. The number of imidazole rings is 1. The molecule has 0 N–H and O–H groups in total. The Hall–Kier alpha value is -1.14. The quantitative estimate of drug-likeness (QED) is 0.466. The topological polar surface area (TPSA) is 17.8 Å². The molecule has 0 unspecified atom stereocenters. The van der Waals surface area contributed by atoms with Crippen molar-refractivity contribution >= 4 is 45.2 Å². The zero-order valence-corrected chi connectivity index (χ0v) is 13.4. The lowest BCUT2D eigenvalue weighted by atomic mass is 10.2. The number of aryl methyl sites for hydroxylation is 1. The van der Waals surface area contributed by atoms with Crippen LogP contribution in [0.2, 0.25) is 0 Å². The summed E-state index contributed by atoms with van der Waals surface area (Å²) >= 11 is 8.12. The standard InChI is InChI=1S/C15H11ClFIN2/c16-7-6-15-19-13-5-4-10(17)8-14(13)20(15)12-3-1-2-11(18)9-12/h1-5,8-9H,6-7H2. The van der Waals surface area contributed by atoms with Gasteiger partial charge in [0.05, 0.1) is 11.0 Å². The van der Waals surface area contributed by atoms with E-state index in [1.807, 2.05) is 28.8 Å². The first-order chi connectivity index (χ1) is 9.69. The maximum atomic E-state index is 13.5. The molecule has 0 atom stereocenters. The number of halogens is 3. The largest absolute Gasteiger partial charge is 0.296 e. The fourth-order valence-corrected chi connectivity index (χ4v) is 2.95. The molecule has 0 spiro atoms. The van der Waals surface area contributed by atoms with Crippen LogP contribution in [0.4, 0.5) is 4.39 Å². The molecule has 20 heavy (non-hydrogen) atoms. The van der Waals surface area contributed by atoms with Gasteiger partial charge in [-0.25, -0.2) is 9.37 Å². The normalized spacial score (nSPS) is 11.2. The molecular formula is C15H11ClFIN2. The lowest BCUT2D eigenvalue weighted by molar-refractivity contribution is 0.629. The first kappa shape index (κ1) is 13.8. The van der Waals surface area contributed by atoms with Gasteiger partial charge in [0, 0.05) is 27.6 Å². The zero-order chi connectivity index (χ0) is 14.1. The van der Waals surface area contributed by atoms with Gasteiger partial charge in [-0.1, -0.05) is 6.07 Å². The molecule has 0 saturated carbocycles. The lowest BCUT2D eigenvalue weighted by Gasteiger charge is -2.09. The summed E-state index contributed by atoms with van der Waals surface area (Å²) in [6, 6.07) is 12.7. The molecule has 0 radical (unpaired) electrons. The van der Waals surface area contributed by atoms with Crippen molar-refractivity contribution in [2.75, 3.05) is 5.88 Å². The van der Waals surface area contributed by atoms with E-state index in [4.69, 9.17) is 11.6 Å². The van der Waals surface area contributed by atoms with E-state index in [9.17, 15) is 4.39 Å². The molecule has 3 aromatic rings. The van der Waals surface area contributed by atoms with E-state index in [1.165, 1.54) is 12.1 Å². The number of alkyl halides is 1. The number of nitrogens with zero attached hydrogens (tertiary/aromatic N) is 2. The predicted octanol–water partition coefficient (Wildman–Crippen LogP) is 4.55. The van der Waals surface area contributed by atoms with Crippen LogP contribution >= 0.6 is 34.2 Å². The number of hydrogen-bond acceptors (Lipinski definition) is 1. The Bertz CT molecular complexity index is 770. The fourth-order valence-electron chi connectivity index (χ4n) is 2.25. The van der Waals surface area contributed by atoms with Gasteiger partial charge in [0.15, 0.2) is 0 Å². The second-order valence-corrected chi connectivity index (χ2v) is 6.04. The summed E-state index contributed by atoms with van der Waals surface area (Å²) in [6.45, 7) is 0. The van der Waals surface area contributed by atoms with Crippen LogP contribution in [0.3, 0.4) is 0 Å². The molecule has 0 aliphatic carbocycles. The smallest absolute Gasteiger partial charge is 0.125 e. The van der Waals surface area contributed by atoms with Gasteiger partial charge in [-0.3, -0.25) is 4.57 Å². The van der Waals surface area contributed by atoms with Crippen molar-refractivity contribution in [3.63, 3.8) is 0 Å². The second-order valence-electron chi connectivity index (χ2n) is 4.42. The molecule has 0 amide bonds. The minimum absolute atomic E-state index is 0.262. The van der Waals surface area contributed by atoms with E-state index >= 15 is 0 Å². The second kappa shape index (κ2) is 5.69. The summed E-state index contributed by atoms with van der Waals surface area (Å²) in [5.74, 6) is 1.07. The van der Waals surface area contributed by atoms with Gasteiger partial charge >= 0.3 is 0 Å². The number of aromatic nitrogens is 2. The Morgan fingerprint density at radius 2 is 2.05 bits per heavy atom. The van der Waals surface area contributed by atoms with Gasteiger partial charge < -0.3 is 0 Å². The zero-order valence-electron chi connectivity index (χ0n) is 10.5. The van der Waals surface area contributed by atoms with Gasteiger partial charge in [0.1, 0.15) is 11.6 Å². The maximum absolute atomic E-state index is 13.5. The van der Waals surface area contributed by atoms with Crippen molar-refractivity contribution < 1.29 is 4.39 Å². The molecular weight excluding hydrogens is 390 g/mol. The number of fused-ring (bicyclic) bond motifs is 1. The molecule has 0 saturated heterocycles. The Balaban J connectivity index is 2.30. The van der Waals surface area contributed by atoms with Crippen molar-refractivity contribution in [1.82, 2.24) is 9.55 Å². The van der Waals surface area contributed by atoms with Crippen LogP contribution in [0.25, 0.3) is 16.7 Å². The van der Waals surface area contributed by atoms with Gasteiger partial charge in [-0.2, -0.15) is 0 Å². The molecule has 0 bridgehead atoms. The van der Waals surface area contributed by atoms with Crippen LogP contribution in [0, 0.1) is 9.39 Å². The number of benzene rings is 2. The Morgan fingerprint density at radius 3 is 2.80 bits per heavy atom. The van der Waals surface area contributed by atoms with Gasteiger partial charge in [-0.05, 0) is 52.9 Å². The van der Waals surface area contributed by atoms with Crippen LogP contribution in [0.1, 0.15) is 5.82 Å². The van der Waals surface area contributed by atoms with Gasteiger partial charge in [0.2, 0.25) is 0 Å². The van der Waals surface area contributed by atoms with E-state index in [-0.39, 0.29) is 5.82 Å². The highest BCUT2D eigenvalue weighted by atomic mass is 127. The van der Waals surface area contributed by atoms with Crippen LogP contribution in [0.15, 0.2) is 42.5 Å². The average Bonchev–Trinajstić information content (AvgIpc) is 2.76. The van der Waals surface area contributed by atoms with E-state index in [0.29, 0.717) is 12.3 Å². The first-order valence-electron chi connectivity index (χ1n) is 6.18.